The summed E-state index contributed by atoms with van der Waals surface area (Å²) in [7, 11) is 0. The van der Waals surface area contributed by atoms with Crippen LogP contribution in [0.3, 0.4) is 0 Å². The van der Waals surface area contributed by atoms with Crippen molar-refractivity contribution in [3.63, 3.8) is 0 Å². The number of rotatable bonds is 16. The normalized spacial score (nSPS) is 16.7. The summed E-state index contributed by atoms with van der Waals surface area (Å²) in [5.41, 5.74) is -3.02. The van der Waals surface area contributed by atoms with Gasteiger partial charge < -0.3 is 23.7 Å². The van der Waals surface area contributed by atoms with Gasteiger partial charge in [-0.3, -0.25) is 58.6 Å². The van der Waals surface area contributed by atoms with Gasteiger partial charge in [-0.05, 0) is 116 Å². The average Bonchev–Trinajstić information content (AvgIpc) is 3.07. The second kappa shape index (κ2) is 24.5. The van der Waals surface area contributed by atoms with Gasteiger partial charge in [0.25, 0.3) is 5.69 Å². The van der Waals surface area contributed by atoms with Crippen molar-refractivity contribution in [3.8, 4) is 0 Å². The number of non-ortho nitro benzene ring substituents is 1. The van der Waals surface area contributed by atoms with Gasteiger partial charge in [0.1, 0.15) is 28.0 Å². The molecule has 1 atom stereocenters. The van der Waals surface area contributed by atoms with Crippen LogP contribution >= 0.6 is 0 Å². The van der Waals surface area contributed by atoms with Crippen molar-refractivity contribution in [1.82, 2.24) is 24.5 Å². The lowest BCUT2D eigenvalue weighted by Gasteiger charge is -2.39. The first-order valence-electron chi connectivity index (χ1n) is 22.6. The van der Waals surface area contributed by atoms with Gasteiger partial charge in [-0.25, -0.2) is 0 Å². The van der Waals surface area contributed by atoms with E-state index in [0.717, 1.165) is 5.56 Å². The molecule has 0 radical (unpaired) electrons. The van der Waals surface area contributed by atoms with E-state index in [1.165, 1.54) is 12.1 Å². The van der Waals surface area contributed by atoms with Crippen molar-refractivity contribution in [2.24, 2.45) is 0 Å². The molecule has 18 nitrogen and oxygen atoms in total. The van der Waals surface area contributed by atoms with E-state index in [-0.39, 0.29) is 45.0 Å². The van der Waals surface area contributed by atoms with Gasteiger partial charge in [0, 0.05) is 77.1 Å². The number of benzene rings is 1. The van der Waals surface area contributed by atoms with Gasteiger partial charge in [-0.2, -0.15) is 0 Å². The van der Waals surface area contributed by atoms with Gasteiger partial charge in [-0.15, -0.1) is 0 Å². The molecular formula is C47H80N6O12. The molecule has 0 bridgehead atoms. The number of ether oxygens (including phenoxy) is 5. The molecule has 2 rings (SSSR count). The van der Waals surface area contributed by atoms with Crippen molar-refractivity contribution in [3.05, 3.63) is 39.9 Å². The standard InChI is InChI=1S/C47H80N6O12/c1-43(2,3)61-38(54)30-48-20-22-49(31-39(55)62-44(4,5)6)24-26-52(27-25-50(23-21-48)32-40(56)63-45(7,8)9)37(28-35-16-18-36(19-17-35)53(59)60)29-51(33-41(57)64-46(10,11)12)34-42(58)65-47(13,14)15/h16-19,37H,20-34H2,1-15H3. The average molecular weight is 921 g/mol. The highest BCUT2D eigenvalue weighted by atomic mass is 16.6. The minimum absolute atomic E-state index is 0.00755. The molecule has 1 heterocycles. The molecule has 0 spiro atoms. The highest BCUT2D eigenvalue weighted by Crippen LogP contribution is 2.19. The van der Waals surface area contributed by atoms with Crippen molar-refractivity contribution < 1.29 is 52.6 Å². The maximum Gasteiger partial charge on any atom is 0.320 e. The SMILES string of the molecule is CC(C)(C)OC(=O)CN1CCN(CC(=O)OC(C)(C)C)CCN(C(Cc2ccc([N+](=O)[O-])cc2)CN(CC(=O)OC(C)(C)C)CC(=O)OC(C)(C)C)CCN(CC(=O)OC(C)(C)C)CC1. The molecule has 0 aliphatic carbocycles. The Labute approximate surface area is 387 Å². The zero-order chi connectivity index (χ0) is 49.6. The van der Waals surface area contributed by atoms with Crippen LogP contribution in [0.25, 0.3) is 0 Å². The molecule has 1 aliphatic heterocycles. The molecule has 0 aromatic heterocycles. The van der Waals surface area contributed by atoms with Gasteiger partial charge >= 0.3 is 29.8 Å². The number of nitro groups is 1. The monoisotopic (exact) mass is 921 g/mol. The summed E-state index contributed by atoms with van der Waals surface area (Å²) < 4.78 is 28.6. The highest BCUT2D eigenvalue weighted by molar-refractivity contribution is 5.75. The Hall–Kier alpha value is -4.23. The Balaban J connectivity index is 2.74. The first-order valence-corrected chi connectivity index (χ1v) is 22.6. The summed E-state index contributed by atoms with van der Waals surface area (Å²) in [6, 6.07) is 5.83. The highest BCUT2D eigenvalue weighted by Gasteiger charge is 2.31. The van der Waals surface area contributed by atoms with Crippen LogP contribution in [0.2, 0.25) is 0 Å². The number of hydrogen-bond donors (Lipinski definition) is 0. The maximum absolute atomic E-state index is 13.4. The number of nitro benzene ring substituents is 1. The number of hydrogen-bond acceptors (Lipinski definition) is 17. The fourth-order valence-electron chi connectivity index (χ4n) is 6.99. The largest absolute Gasteiger partial charge is 0.459 e. The van der Waals surface area contributed by atoms with E-state index in [9.17, 15) is 34.1 Å². The third kappa shape index (κ3) is 26.5. The number of carbonyl (C=O) groups excluding carboxylic acids is 5. The van der Waals surface area contributed by atoms with Crippen LogP contribution in [-0.4, -0.2) is 185 Å². The number of esters is 5. The van der Waals surface area contributed by atoms with Crippen LogP contribution in [0.4, 0.5) is 5.69 Å². The molecule has 370 valence electrons. The first-order chi connectivity index (χ1) is 29.6. The molecule has 1 unspecified atom stereocenters. The summed E-state index contributed by atoms with van der Waals surface area (Å²) >= 11 is 0. The lowest BCUT2D eigenvalue weighted by atomic mass is 10.0. The van der Waals surface area contributed by atoms with Crippen LogP contribution in [-0.2, 0) is 54.1 Å². The van der Waals surface area contributed by atoms with E-state index in [0.29, 0.717) is 58.8 Å². The lowest BCUT2D eigenvalue weighted by molar-refractivity contribution is -0.384. The maximum atomic E-state index is 13.4. The van der Waals surface area contributed by atoms with Gasteiger partial charge in [-0.1, -0.05) is 12.1 Å². The Morgan fingerprint density at radius 3 is 1.11 bits per heavy atom. The molecule has 0 N–H and O–H groups in total. The van der Waals surface area contributed by atoms with Gasteiger partial charge in [0.15, 0.2) is 0 Å². The molecule has 0 amide bonds. The van der Waals surface area contributed by atoms with Crippen LogP contribution in [0.1, 0.15) is 109 Å². The summed E-state index contributed by atoms with van der Waals surface area (Å²) in [6.07, 6.45) is 0.346. The summed E-state index contributed by atoms with van der Waals surface area (Å²) in [5.74, 6) is -2.30. The smallest absolute Gasteiger partial charge is 0.320 e. The van der Waals surface area contributed by atoms with Crippen LogP contribution in [0.5, 0.6) is 0 Å². The van der Waals surface area contributed by atoms with E-state index in [1.54, 1.807) is 121 Å². The van der Waals surface area contributed by atoms with E-state index in [1.807, 2.05) is 14.7 Å². The minimum Gasteiger partial charge on any atom is -0.459 e. The predicted molar refractivity (Wildman–Crippen MR) is 247 cm³/mol. The van der Waals surface area contributed by atoms with E-state index >= 15 is 0 Å². The van der Waals surface area contributed by atoms with Crippen molar-refractivity contribution in [2.45, 2.75) is 144 Å². The molecule has 0 saturated carbocycles. The van der Waals surface area contributed by atoms with Crippen molar-refractivity contribution in [2.75, 3.05) is 91.6 Å². The van der Waals surface area contributed by atoms with Gasteiger partial charge in [0.05, 0.1) is 37.6 Å². The predicted octanol–water partition coefficient (Wildman–Crippen LogP) is 4.74. The fraction of sp³-hybridized carbons (Fsp3) is 0.766. The van der Waals surface area contributed by atoms with E-state index < -0.39 is 68.8 Å². The minimum atomic E-state index is -0.790. The number of nitrogens with zero attached hydrogens (tertiary/aromatic N) is 6. The van der Waals surface area contributed by atoms with Crippen molar-refractivity contribution in [1.29, 1.82) is 0 Å². The Morgan fingerprint density at radius 2 is 0.815 bits per heavy atom. The van der Waals surface area contributed by atoms with Gasteiger partial charge in [0.2, 0.25) is 0 Å². The zero-order valence-electron chi connectivity index (χ0n) is 42.1. The molecule has 1 aromatic carbocycles. The third-order valence-electron chi connectivity index (χ3n) is 9.34. The molecular weight excluding hydrogens is 841 g/mol. The second-order valence-corrected chi connectivity index (χ2v) is 21.7. The molecule has 1 aliphatic rings. The lowest BCUT2D eigenvalue weighted by Crippen LogP contribution is -2.54. The Bertz CT molecular complexity index is 1650. The molecule has 1 aromatic rings. The Morgan fingerprint density at radius 1 is 0.523 bits per heavy atom. The zero-order valence-corrected chi connectivity index (χ0v) is 42.1. The third-order valence-corrected chi connectivity index (χ3v) is 9.34. The molecule has 18 heteroatoms. The van der Waals surface area contributed by atoms with E-state index in [4.69, 9.17) is 23.7 Å². The molecule has 1 saturated heterocycles. The van der Waals surface area contributed by atoms with Crippen LogP contribution < -0.4 is 0 Å². The van der Waals surface area contributed by atoms with Crippen molar-refractivity contribution >= 4 is 35.5 Å². The quantitative estimate of drug-likeness (QED) is 0.0956. The van der Waals surface area contributed by atoms with Crippen LogP contribution in [0.15, 0.2) is 24.3 Å². The molecule has 1 fully saturated rings. The van der Waals surface area contributed by atoms with Crippen LogP contribution in [0, 0.1) is 10.1 Å². The second-order valence-electron chi connectivity index (χ2n) is 21.7. The summed E-state index contributed by atoms with van der Waals surface area (Å²) in [5, 5.41) is 11.6. The topological polar surface area (TPSA) is 191 Å². The summed E-state index contributed by atoms with van der Waals surface area (Å²) in [4.78, 5) is 87.8. The number of carbonyl (C=O) groups is 5. The van der Waals surface area contributed by atoms with E-state index in [2.05, 4.69) is 4.90 Å². The molecule has 65 heavy (non-hydrogen) atoms. The Kier molecular flexibility index (Phi) is 21.5. The summed E-state index contributed by atoms with van der Waals surface area (Å²) in [6.45, 7) is 29.4. The fourth-order valence-corrected chi connectivity index (χ4v) is 6.99. The first kappa shape index (κ1) is 56.9.